The van der Waals surface area contributed by atoms with Gasteiger partial charge in [-0.15, -0.1) is 0 Å². The van der Waals surface area contributed by atoms with Crippen LogP contribution in [0.15, 0.2) is 24.3 Å². The van der Waals surface area contributed by atoms with Crippen molar-refractivity contribution in [3.8, 4) is 0 Å². The molecule has 1 aromatic carbocycles. The van der Waals surface area contributed by atoms with E-state index in [0.29, 0.717) is 37.3 Å². The number of rotatable bonds is 7. The monoisotopic (exact) mass is 394 g/mol. The van der Waals surface area contributed by atoms with Gasteiger partial charge in [-0.25, -0.2) is 0 Å². The Morgan fingerprint density at radius 1 is 1.29 bits per heavy atom. The van der Waals surface area contributed by atoms with Crippen LogP contribution in [0, 0.1) is 5.92 Å². The first-order valence-corrected chi connectivity index (χ1v) is 9.77. The average Bonchev–Trinajstić information content (AvgIpc) is 3.42. The summed E-state index contributed by atoms with van der Waals surface area (Å²) in [4.78, 5) is 2.20. The molecule has 1 aliphatic carbocycles. The Morgan fingerprint density at radius 2 is 2.11 bits per heavy atom. The predicted molar refractivity (Wildman–Crippen MR) is 100 cm³/mol. The fourth-order valence-corrected chi connectivity index (χ4v) is 3.58. The molecule has 1 saturated carbocycles. The van der Waals surface area contributed by atoms with Crippen molar-refractivity contribution < 1.29 is 17.9 Å². The number of nitrogens with zero attached hydrogens (tertiary/aromatic N) is 3. The van der Waals surface area contributed by atoms with E-state index in [2.05, 4.69) is 14.9 Å². The summed E-state index contributed by atoms with van der Waals surface area (Å²) < 4.78 is 46.7. The lowest BCUT2D eigenvalue weighted by atomic mass is 10.1. The zero-order chi connectivity index (χ0) is 19.7. The first-order valence-electron chi connectivity index (χ1n) is 9.77. The maximum atomic E-state index is 13.0. The molecule has 0 unspecified atom stereocenters. The SMILES string of the molecule is CCOCN1CCc2c(c(Nc3cccc(C(F)(F)F)c3)nn2CC2CC2)C1. The van der Waals surface area contributed by atoms with Crippen molar-refractivity contribution >= 4 is 11.5 Å². The van der Waals surface area contributed by atoms with Crippen LogP contribution in [-0.2, 0) is 30.4 Å². The molecule has 0 saturated heterocycles. The molecule has 8 heteroatoms. The highest BCUT2D eigenvalue weighted by Crippen LogP contribution is 2.35. The highest BCUT2D eigenvalue weighted by Gasteiger charge is 2.31. The Labute approximate surface area is 162 Å². The highest BCUT2D eigenvalue weighted by molar-refractivity contribution is 5.61. The van der Waals surface area contributed by atoms with E-state index in [4.69, 9.17) is 9.84 Å². The number of anilines is 2. The Bertz CT molecular complexity index is 829. The van der Waals surface area contributed by atoms with Crippen LogP contribution in [0.3, 0.4) is 0 Å². The van der Waals surface area contributed by atoms with Gasteiger partial charge >= 0.3 is 6.18 Å². The molecule has 5 nitrogen and oxygen atoms in total. The van der Waals surface area contributed by atoms with Gasteiger partial charge in [0.2, 0.25) is 0 Å². The van der Waals surface area contributed by atoms with Gasteiger partial charge in [0.1, 0.15) is 0 Å². The van der Waals surface area contributed by atoms with Gasteiger partial charge in [0.05, 0.1) is 12.3 Å². The van der Waals surface area contributed by atoms with Crippen molar-refractivity contribution in [1.82, 2.24) is 14.7 Å². The van der Waals surface area contributed by atoms with Crippen LogP contribution < -0.4 is 5.32 Å². The zero-order valence-electron chi connectivity index (χ0n) is 15.9. The smallest absolute Gasteiger partial charge is 0.366 e. The van der Waals surface area contributed by atoms with Gasteiger partial charge in [-0.3, -0.25) is 9.58 Å². The maximum absolute atomic E-state index is 13.0. The predicted octanol–water partition coefficient (Wildman–Crippen LogP) is 4.41. The van der Waals surface area contributed by atoms with Crippen LogP contribution in [0.5, 0.6) is 0 Å². The molecular weight excluding hydrogens is 369 g/mol. The minimum Gasteiger partial charge on any atom is -0.366 e. The summed E-state index contributed by atoms with van der Waals surface area (Å²) in [6, 6.07) is 5.27. The second-order valence-electron chi connectivity index (χ2n) is 7.53. The summed E-state index contributed by atoms with van der Waals surface area (Å²) in [5.74, 6) is 1.32. The van der Waals surface area contributed by atoms with Gasteiger partial charge < -0.3 is 10.1 Å². The van der Waals surface area contributed by atoms with E-state index in [0.717, 1.165) is 37.2 Å². The van der Waals surface area contributed by atoms with Crippen molar-refractivity contribution in [2.45, 2.75) is 45.5 Å². The summed E-state index contributed by atoms with van der Waals surface area (Å²) in [5, 5.41) is 7.87. The number of alkyl halides is 3. The van der Waals surface area contributed by atoms with Crippen molar-refractivity contribution in [3.63, 3.8) is 0 Å². The lowest BCUT2D eigenvalue weighted by molar-refractivity contribution is -0.137. The Balaban J connectivity index is 1.60. The zero-order valence-corrected chi connectivity index (χ0v) is 15.9. The van der Waals surface area contributed by atoms with Crippen LogP contribution in [0.4, 0.5) is 24.7 Å². The molecular formula is C20H25F3N4O. The van der Waals surface area contributed by atoms with Gasteiger partial charge in [0.15, 0.2) is 5.82 Å². The van der Waals surface area contributed by atoms with Crippen LogP contribution in [0.1, 0.15) is 36.6 Å². The number of fused-ring (bicyclic) bond motifs is 1. The van der Waals surface area contributed by atoms with E-state index in [9.17, 15) is 13.2 Å². The summed E-state index contributed by atoms with van der Waals surface area (Å²) >= 11 is 0. The van der Waals surface area contributed by atoms with E-state index in [1.165, 1.54) is 24.6 Å². The summed E-state index contributed by atoms with van der Waals surface area (Å²) in [6.07, 6.45) is -1.05. The van der Waals surface area contributed by atoms with E-state index in [1.54, 1.807) is 6.07 Å². The number of aromatic nitrogens is 2. The second-order valence-corrected chi connectivity index (χ2v) is 7.53. The third-order valence-electron chi connectivity index (χ3n) is 5.27. The number of nitrogens with one attached hydrogen (secondary N) is 1. The molecule has 1 fully saturated rings. The number of hydrogen-bond donors (Lipinski definition) is 1. The molecule has 1 aromatic heterocycles. The van der Waals surface area contributed by atoms with Gasteiger partial charge in [0.25, 0.3) is 0 Å². The molecule has 1 aliphatic heterocycles. The molecule has 0 bridgehead atoms. The van der Waals surface area contributed by atoms with E-state index in [-0.39, 0.29) is 0 Å². The maximum Gasteiger partial charge on any atom is 0.416 e. The molecule has 152 valence electrons. The first kappa shape index (κ1) is 19.3. The molecule has 0 amide bonds. The average molecular weight is 394 g/mol. The number of halogens is 3. The molecule has 0 atom stereocenters. The van der Waals surface area contributed by atoms with Crippen molar-refractivity contribution in [2.24, 2.45) is 5.92 Å². The van der Waals surface area contributed by atoms with Crippen LogP contribution in [0.2, 0.25) is 0 Å². The van der Waals surface area contributed by atoms with Gasteiger partial charge in [-0.05, 0) is 43.9 Å². The Hall–Kier alpha value is -2.06. The lowest BCUT2D eigenvalue weighted by Crippen LogP contribution is -2.33. The first-order chi connectivity index (χ1) is 13.4. The Kier molecular flexibility index (Phi) is 5.33. The quantitative estimate of drug-likeness (QED) is 0.756. The van der Waals surface area contributed by atoms with Gasteiger partial charge in [0, 0.05) is 49.6 Å². The number of hydrogen-bond acceptors (Lipinski definition) is 4. The molecule has 28 heavy (non-hydrogen) atoms. The largest absolute Gasteiger partial charge is 0.416 e. The molecule has 0 radical (unpaired) electrons. The number of benzene rings is 1. The third kappa shape index (κ3) is 4.33. The second kappa shape index (κ2) is 7.75. The molecule has 4 rings (SSSR count). The summed E-state index contributed by atoms with van der Waals surface area (Å²) in [7, 11) is 0. The molecule has 0 spiro atoms. The normalized spacial score (nSPS) is 17.6. The van der Waals surface area contributed by atoms with Crippen LogP contribution in [0.25, 0.3) is 0 Å². The van der Waals surface area contributed by atoms with Crippen molar-refractivity contribution in [3.05, 3.63) is 41.1 Å². The third-order valence-corrected chi connectivity index (χ3v) is 5.27. The van der Waals surface area contributed by atoms with Gasteiger partial charge in [-0.2, -0.15) is 18.3 Å². The lowest BCUT2D eigenvalue weighted by Gasteiger charge is -2.27. The van der Waals surface area contributed by atoms with E-state index < -0.39 is 11.7 Å². The molecule has 2 heterocycles. The van der Waals surface area contributed by atoms with Crippen LogP contribution in [-0.4, -0.2) is 34.6 Å². The van der Waals surface area contributed by atoms with Crippen molar-refractivity contribution in [2.75, 3.05) is 25.2 Å². The minimum atomic E-state index is -4.36. The highest BCUT2D eigenvalue weighted by atomic mass is 19.4. The minimum absolute atomic E-state index is 0.399. The molecule has 2 aromatic rings. The topological polar surface area (TPSA) is 42.3 Å². The summed E-state index contributed by atoms with van der Waals surface area (Å²) in [5.41, 5.74) is 1.98. The molecule has 2 aliphatic rings. The molecule has 1 N–H and O–H groups in total. The standard InChI is InChI=1S/C20H25F3N4O/c1-2-28-13-26-9-8-18-17(12-26)19(25-27(18)11-14-6-7-14)24-16-5-3-4-15(10-16)20(21,22)23/h3-5,10,14H,2,6-9,11-13H2,1H3,(H,24,25). The van der Waals surface area contributed by atoms with Crippen LogP contribution >= 0.6 is 0 Å². The van der Waals surface area contributed by atoms with Gasteiger partial charge in [-0.1, -0.05) is 6.07 Å². The number of ether oxygens (including phenoxy) is 1. The fraction of sp³-hybridized carbons (Fsp3) is 0.550. The fourth-order valence-electron chi connectivity index (χ4n) is 3.58. The van der Waals surface area contributed by atoms with E-state index >= 15 is 0 Å². The summed E-state index contributed by atoms with van der Waals surface area (Å²) in [6.45, 7) is 5.63. The van der Waals surface area contributed by atoms with E-state index in [1.807, 2.05) is 6.92 Å². The Morgan fingerprint density at radius 3 is 2.82 bits per heavy atom. The van der Waals surface area contributed by atoms with Crippen molar-refractivity contribution in [1.29, 1.82) is 0 Å².